The number of para-hydroxylation sites is 1. The number of ether oxygens (including phenoxy) is 2. The van der Waals surface area contributed by atoms with E-state index in [1.807, 2.05) is 49.5 Å². The maximum absolute atomic E-state index is 14.0. The van der Waals surface area contributed by atoms with Crippen molar-refractivity contribution in [2.75, 3.05) is 20.3 Å². The molecule has 4 rings (SSSR count). The molecular weight excluding hydrogens is 419 g/mol. The second-order valence-electron chi connectivity index (χ2n) is 7.76. The lowest BCUT2D eigenvalue weighted by Gasteiger charge is -2.20. The van der Waals surface area contributed by atoms with E-state index in [1.54, 1.807) is 25.3 Å². The largest absolute Gasteiger partial charge is 0.493 e. The Bertz CT molecular complexity index is 1250. The van der Waals surface area contributed by atoms with E-state index in [9.17, 15) is 9.18 Å². The van der Waals surface area contributed by atoms with E-state index in [1.165, 1.54) is 6.07 Å². The molecule has 0 saturated heterocycles. The molecule has 33 heavy (non-hydrogen) atoms. The standard InChI is InChI=1S/C27H27FN2O3/c1-3-33-25-13-12-18(14-26(25)32-2)21(22-17-29-24-11-7-5-9-20(22)24)16-30-27(31)15-19-8-4-6-10-23(19)28/h4-14,17,21,29H,3,15-16H2,1-2H3,(H,30,31). The second kappa shape index (κ2) is 10.2. The number of rotatable bonds is 9. The van der Waals surface area contributed by atoms with E-state index < -0.39 is 0 Å². The predicted octanol–water partition coefficient (Wildman–Crippen LogP) is 5.21. The Labute approximate surface area is 192 Å². The van der Waals surface area contributed by atoms with Crippen molar-refractivity contribution in [1.29, 1.82) is 0 Å². The van der Waals surface area contributed by atoms with Crippen LogP contribution in [0.25, 0.3) is 10.9 Å². The third-order valence-electron chi connectivity index (χ3n) is 5.70. The summed E-state index contributed by atoms with van der Waals surface area (Å²) >= 11 is 0. The zero-order valence-corrected chi connectivity index (χ0v) is 18.7. The number of carbonyl (C=O) groups is 1. The average Bonchev–Trinajstić information content (AvgIpc) is 3.25. The first-order chi connectivity index (χ1) is 16.1. The van der Waals surface area contributed by atoms with Gasteiger partial charge in [0.1, 0.15) is 5.82 Å². The van der Waals surface area contributed by atoms with E-state index in [2.05, 4.69) is 16.4 Å². The van der Waals surface area contributed by atoms with Crippen molar-refractivity contribution in [2.24, 2.45) is 0 Å². The van der Waals surface area contributed by atoms with Crippen molar-refractivity contribution in [2.45, 2.75) is 19.3 Å². The van der Waals surface area contributed by atoms with Gasteiger partial charge in [-0.1, -0.05) is 42.5 Å². The summed E-state index contributed by atoms with van der Waals surface area (Å²) in [6.07, 6.45) is 1.96. The SMILES string of the molecule is CCOc1ccc(C(CNC(=O)Cc2ccccc2F)c2c[nH]c3ccccc23)cc1OC. The number of benzene rings is 3. The van der Waals surface area contributed by atoms with Gasteiger partial charge in [0.2, 0.25) is 5.91 Å². The molecule has 0 aliphatic carbocycles. The molecule has 1 aromatic heterocycles. The van der Waals surface area contributed by atoms with Gasteiger partial charge in [0.25, 0.3) is 0 Å². The van der Waals surface area contributed by atoms with Crippen LogP contribution in [0.4, 0.5) is 4.39 Å². The zero-order chi connectivity index (χ0) is 23.2. The Hall–Kier alpha value is -3.80. The highest BCUT2D eigenvalue weighted by Gasteiger charge is 2.21. The van der Waals surface area contributed by atoms with E-state index >= 15 is 0 Å². The van der Waals surface area contributed by atoms with E-state index in [0.29, 0.717) is 30.2 Å². The van der Waals surface area contributed by atoms with Crippen LogP contribution in [-0.2, 0) is 11.2 Å². The summed E-state index contributed by atoms with van der Waals surface area (Å²) in [5, 5.41) is 4.08. The van der Waals surface area contributed by atoms with Gasteiger partial charge in [-0.25, -0.2) is 4.39 Å². The lowest BCUT2D eigenvalue weighted by molar-refractivity contribution is -0.120. The van der Waals surface area contributed by atoms with Crippen LogP contribution in [0.15, 0.2) is 72.9 Å². The molecule has 0 bridgehead atoms. The Balaban J connectivity index is 1.64. The highest BCUT2D eigenvalue weighted by Crippen LogP contribution is 2.35. The molecule has 6 heteroatoms. The van der Waals surface area contributed by atoms with Gasteiger partial charge >= 0.3 is 0 Å². The first-order valence-electron chi connectivity index (χ1n) is 11.0. The van der Waals surface area contributed by atoms with Crippen molar-refractivity contribution in [3.63, 3.8) is 0 Å². The Morgan fingerprint density at radius 1 is 1.06 bits per heavy atom. The number of H-pyrrole nitrogens is 1. The molecular formula is C27H27FN2O3. The number of aromatic amines is 1. The van der Waals surface area contributed by atoms with Crippen LogP contribution in [0.5, 0.6) is 11.5 Å². The van der Waals surface area contributed by atoms with Crippen LogP contribution in [-0.4, -0.2) is 31.2 Å². The number of methoxy groups -OCH3 is 1. The third kappa shape index (κ3) is 5.00. The summed E-state index contributed by atoms with van der Waals surface area (Å²) in [6.45, 7) is 2.81. The van der Waals surface area contributed by atoms with Crippen molar-refractivity contribution in [3.05, 3.63) is 95.4 Å². The van der Waals surface area contributed by atoms with Crippen LogP contribution >= 0.6 is 0 Å². The van der Waals surface area contributed by atoms with Gasteiger partial charge in [-0.3, -0.25) is 4.79 Å². The van der Waals surface area contributed by atoms with E-state index in [4.69, 9.17) is 9.47 Å². The topological polar surface area (TPSA) is 63.3 Å². The van der Waals surface area contributed by atoms with Gasteiger partial charge in [0, 0.05) is 29.6 Å². The van der Waals surface area contributed by atoms with Gasteiger partial charge < -0.3 is 19.8 Å². The maximum Gasteiger partial charge on any atom is 0.224 e. The number of halogens is 1. The Morgan fingerprint density at radius 3 is 2.64 bits per heavy atom. The molecule has 4 aromatic rings. The first-order valence-corrected chi connectivity index (χ1v) is 11.0. The quantitative estimate of drug-likeness (QED) is 0.371. The monoisotopic (exact) mass is 446 g/mol. The minimum Gasteiger partial charge on any atom is -0.493 e. The van der Waals surface area contributed by atoms with Gasteiger partial charge in [-0.2, -0.15) is 0 Å². The molecule has 1 atom stereocenters. The number of hydrogen-bond acceptors (Lipinski definition) is 3. The zero-order valence-electron chi connectivity index (χ0n) is 18.7. The highest BCUT2D eigenvalue weighted by atomic mass is 19.1. The predicted molar refractivity (Wildman–Crippen MR) is 127 cm³/mol. The molecule has 0 radical (unpaired) electrons. The molecule has 1 unspecified atom stereocenters. The van der Waals surface area contributed by atoms with Gasteiger partial charge in [0.05, 0.1) is 20.1 Å². The maximum atomic E-state index is 14.0. The fraction of sp³-hybridized carbons (Fsp3) is 0.222. The number of hydrogen-bond donors (Lipinski definition) is 2. The number of amides is 1. The molecule has 0 spiro atoms. The fourth-order valence-electron chi connectivity index (χ4n) is 4.06. The van der Waals surface area contributed by atoms with Crippen LogP contribution in [0.2, 0.25) is 0 Å². The van der Waals surface area contributed by atoms with Crippen molar-refractivity contribution in [1.82, 2.24) is 10.3 Å². The fourth-order valence-corrected chi connectivity index (χ4v) is 4.06. The summed E-state index contributed by atoms with van der Waals surface area (Å²) in [4.78, 5) is 16.0. The van der Waals surface area contributed by atoms with Crippen LogP contribution in [0.3, 0.4) is 0 Å². The highest BCUT2D eigenvalue weighted by molar-refractivity contribution is 5.84. The lowest BCUT2D eigenvalue weighted by Crippen LogP contribution is -2.30. The van der Waals surface area contributed by atoms with Gasteiger partial charge in [-0.15, -0.1) is 0 Å². The molecule has 0 aliphatic heterocycles. The van der Waals surface area contributed by atoms with Gasteiger partial charge in [0.15, 0.2) is 11.5 Å². The first kappa shape index (κ1) is 22.4. The summed E-state index contributed by atoms with van der Waals surface area (Å²) in [6, 6.07) is 20.2. The minimum atomic E-state index is -0.378. The number of fused-ring (bicyclic) bond motifs is 1. The molecule has 2 N–H and O–H groups in total. The average molecular weight is 447 g/mol. The Kier molecular flexibility index (Phi) is 6.93. The summed E-state index contributed by atoms with van der Waals surface area (Å²) in [5.74, 6) is 0.553. The van der Waals surface area contributed by atoms with E-state index in [-0.39, 0.29) is 24.1 Å². The summed E-state index contributed by atoms with van der Waals surface area (Å²) in [7, 11) is 1.61. The molecule has 1 amide bonds. The lowest BCUT2D eigenvalue weighted by atomic mass is 9.90. The molecule has 5 nitrogen and oxygen atoms in total. The summed E-state index contributed by atoms with van der Waals surface area (Å²) in [5.41, 5.74) is 3.43. The summed E-state index contributed by atoms with van der Waals surface area (Å²) < 4.78 is 25.2. The van der Waals surface area contributed by atoms with Gasteiger partial charge in [-0.05, 0) is 47.9 Å². The normalized spacial score (nSPS) is 11.8. The van der Waals surface area contributed by atoms with Crippen LogP contribution in [0, 0.1) is 5.82 Å². The van der Waals surface area contributed by atoms with Crippen LogP contribution in [0.1, 0.15) is 29.5 Å². The molecule has 3 aromatic carbocycles. The van der Waals surface area contributed by atoms with Crippen molar-refractivity contribution < 1.29 is 18.7 Å². The van der Waals surface area contributed by atoms with Crippen molar-refractivity contribution in [3.8, 4) is 11.5 Å². The van der Waals surface area contributed by atoms with Crippen LogP contribution < -0.4 is 14.8 Å². The van der Waals surface area contributed by atoms with Crippen molar-refractivity contribution >= 4 is 16.8 Å². The number of carbonyl (C=O) groups excluding carboxylic acids is 1. The minimum absolute atomic E-state index is 0.0140. The molecule has 0 aliphatic rings. The van der Waals surface area contributed by atoms with E-state index in [0.717, 1.165) is 22.0 Å². The molecule has 0 saturated carbocycles. The molecule has 170 valence electrons. The second-order valence-corrected chi connectivity index (χ2v) is 7.76. The number of aromatic nitrogens is 1. The third-order valence-corrected chi connectivity index (χ3v) is 5.70. The number of nitrogens with one attached hydrogen (secondary N) is 2. The molecule has 1 heterocycles. The Morgan fingerprint density at radius 2 is 1.85 bits per heavy atom. The molecule has 0 fully saturated rings. The smallest absolute Gasteiger partial charge is 0.224 e.